The molecule has 2 heterocycles. The highest BCUT2D eigenvalue weighted by molar-refractivity contribution is 7.89. The van der Waals surface area contributed by atoms with Crippen LogP contribution in [0.15, 0.2) is 34.5 Å². The van der Waals surface area contributed by atoms with Crippen LogP contribution in [0.1, 0.15) is 18.5 Å². The summed E-state index contributed by atoms with van der Waals surface area (Å²) >= 11 is 1.52. The van der Waals surface area contributed by atoms with Crippen molar-refractivity contribution < 1.29 is 8.42 Å². The average Bonchev–Trinajstić information content (AvgIpc) is 3.19. The number of aromatic nitrogens is 1. The van der Waals surface area contributed by atoms with Crippen molar-refractivity contribution in [1.82, 2.24) is 15.0 Å². The Labute approximate surface area is 141 Å². The molecule has 1 atom stereocenters. The second-order valence-electron chi connectivity index (χ2n) is 5.87. The molecular formula is C16H21N3O2S2. The van der Waals surface area contributed by atoms with Crippen molar-refractivity contribution in [3.8, 4) is 10.6 Å². The van der Waals surface area contributed by atoms with E-state index in [0.29, 0.717) is 17.4 Å². The number of benzene rings is 1. The first-order valence-corrected chi connectivity index (χ1v) is 10.1. The van der Waals surface area contributed by atoms with E-state index in [4.69, 9.17) is 0 Å². The van der Waals surface area contributed by atoms with Gasteiger partial charge in [-0.25, -0.2) is 18.1 Å². The number of rotatable bonds is 6. The zero-order valence-electron chi connectivity index (χ0n) is 13.1. The van der Waals surface area contributed by atoms with E-state index in [-0.39, 0.29) is 0 Å². The Balaban J connectivity index is 1.69. The normalized spacial score (nSPS) is 18.4. The van der Waals surface area contributed by atoms with Crippen molar-refractivity contribution in [3.63, 3.8) is 0 Å². The number of nitrogens with one attached hydrogen (secondary N) is 2. The SMILES string of the molecule is Cc1csc(-c2cccc(S(=O)(=O)NCCC3CCNC3)c2)n1. The molecule has 1 aliphatic rings. The number of aryl methyl sites for hydroxylation is 1. The molecule has 1 saturated heterocycles. The fraction of sp³-hybridized carbons (Fsp3) is 0.438. The first kappa shape index (κ1) is 16.6. The Morgan fingerprint density at radius 2 is 2.30 bits per heavy atom. The summed E-state index contributed by atoms with van der Waals surface area (Å²) in [5.74, 6) is 0.572. The van der Waals surface area contributed by atoms with Gasteiger partial charge in [0.05, 0.1) is 4.90 Å². The summed E-state index contributed by atoms with van der Waals surface area (Å²) in [6.07, 6.45) is 2.00. The molecule has 2 aromatic rings. The third kappa shape index (κ3) is 4.17. The minimum Gasteiger partial charge on any atom is -0.316 e. The van der Waals surface area contributed by atoms with Crippen LogP contribution < -0.4 is 10.0 Å². The highest BCUT2D eigenvalue weighted by atomic mass is 32.2. The molecule has 0 saturated carbocycles. The topological polar surface area (TPSA) is 71.1 Å². The first-order chi connectivity index (χ1) is 11.0. The second kappa shape index (κ2) is 7.09. The average molecular weight is 351 g/mol. The maximum Gasteiger partial charge on any atom is 0.240 e. The van der Waals surface area contributed by atoms with Gasteiger partial charge in [-0.15, -0.1) is 11.3 Å². The van der Waals surface area contributed by atoms with Crippen LogP contribution in [0.5, 0.6) is 0 Å². The van der Waals surface area contributed by atoms with Gasteiger partial charge in [-0.05, 0) is 50.9 Å². The summed E-state index contributed by atoms with van der Waals surface area (Å²) in [5, 5.41) is 6.10. The van der Waals surface area contributed by atoms with Gasteiger partial charge in [0.1, 0.15) is 5.01 Å². The van der Waals surface area contributed by atoms with E-state index < -0.39 is 10.0 Å². The van der Waals surface area contributed by atoms with Gasteiger partial charge in [-0.3, -0.25) is 0 Å². The molecule has 1 aliphatic heterocycles. The van der Waals surface area contributed by atoms with Crippen LogP contribution in [0.4, 0.5) is 0 Å². The largest absolute Gasteiger partial charge is 0.316 e. The molecule has 0 spiro atoms. The fourth-order valence-corrected chi connectivity index (χ4v) is 4.61. The molecule has 2 N–H and O–H groups in total. The Morgan fingerprint density at radius 1 is 1.43 bits per heavy atom. The highest BCUT2D eigenvalue weighted by Crippen LogP contribution is 2.25. The molecule has 3 rings (SSSR count). The molecule has 7 heteroatoms. The van der Waals surface area contributed by atoms with Crippen molar-refractivity contribution in [2.45, 2.75) is 24.7 Å². The first-order valence-electron chi connectivity index (χ1n) is 7.77. The zero-order valence-corrected chi connectivity index (χ0v) is 14.7. The third-order valence-electron chi connectivity index (χ3n) is 4.02. The maximum absolute atomic E-state index is 12.5. The lowest BCUT2D eigenvalue weighted by atomic mass is 10.1. The van der Waals surface area contributed by atoms with Crippen molar-refractivity contribution in [2.75, 3.05) is 19.6 Å². The Bertz CT molecular complexity index is 765. The van der Waals surface area contributed by atoms with Gasteiger partial charge in [-0.1, -0.05) is 12.1 Å². The minimum absolute atomic E-state index is 0.299. The van der Waals surface area contributed by atoms with Gasteiger partial charge >= 0.3 is 0 Å². The van der Waals surface area contributed by atoms with Crippen LogP contribution in [0.3, 0.4) is 0 Å². The Hall–Kier alpha value is -1.28. The van der Waals surface area contributed by atoms with Gasteiger partial charge in [0.15, 0.2) is 0 Å². The maximum atomic E-state index is 12.5. The summed E-state index contributed by atoms with van der Waals surface area (Å²) < 4.78 is 27.6. The number of nitrogens with zero attached hydrogens (tertiary/aromatic N) is 1. The van der Waals surface area contributed by atoms with Gasteiger partial charge in [0.25, 0.3) is 0 Å². The summed E-state index contributed by atoms with van der Waals surface area (Å²) in [5.41, 5.74) is 1.78. The van der Waals surface area contributed by atoms with Crippen LogP contribution in [0, 0.1) is 12.8 Å². The summed E-state index contributed by atoms with van der Waals surface area (Å²) in [6.45, 7) is 4.43. The molecular weight excluding hydrogens is 330 g/mol. The number of hydrogen-bond acceptors (Lipinski definition) is 5. The smallest absolute Gasteiger partial charge is 0.240 e. The predicted molar refractivity (Wildman–Crippen MR) is 93.1 cm³/mol. The van der Waals surface area contributed by atoms with E-state index in [2.05, 4.69) is 15.0 Å². The van der Waals surface area contributed by atoms with Crippen molar-refractivity contribution in [2.24, 2.45) is 5.92 Å². The monoisotopic (exact) mass is 351 g/mol. The van der Waals surface area contributed by atoms with Gasteiger partial charge in [0, 0.05) is 23.2 Å². The van der Waals surface area contributed by atoms with Crippen molar-refractivity contribution >= 4 is 21.4 Å². The van der Waals surface area contributed by atoms with Crippen LogP contribution >= 0.6 is 11.3 Å². The van der Waals surface area contributed by atoms with Crippen molar-refractivity contribution in [1.29, 1.82) is 0 Å². The number of thiazole rings is 1. The molecule has 1 fully saturated rings. The molecule has 1 unspecified atom stereocenters. The molecule has 23 heavy (non-hydrogen) atoms. The van der Waals surface area contributed by atoms with E-state index in [9.17, 15) is 8.42 Å². The predicted octanol–water partition coefficient (Wildman–Crippen LogP) is 2.40. The van der Waals surface area contributed by atoms with E-state index in [1.54, 1.807) is 18.2 Å². The molecule has 0 aliphatic carbocycles. The Morgan fingerprint density at radius 3 is 3.00 bits per heavy atom. The van der Waals surface area contributed by atoms with Crippen molar-refractivity contribution in [3.05, 3.63) is 35.3 Å². The lowest BCUT2D eigenvalue weighted by molar-refractivity contribution is 0.519. The summed E-state index contributed by atoms with van der Waals surface area (Å²) in [7, 11) is -3.47. The molecule has 0 amide bonds. The van der Waals surface area contributed by atoms with Gasteiger partial charge in [0.2, 0.25) is 10.0 Å². The summed E-state index contributed by atoms with van der Waals surface area (Å²) in [6, 6.07) is 6.98. The van der Waals surface area contributed by atoms with Crippen LogP contribution in [0.2, 0.25) is 0 Å². The standard InChI is InChI=1S/C16H21N3O2S2/c1-12-11-22-16(19-12)14-3-2-4-15(9-14)23(20,21)18-8-6-13-5-7-17-10-13/h2-4,9,11,13,17-18H,5-8,10H2,1H3. The molecule has 1 aromatic carbocycles. The zero-order chi connectivity index (χ0) is 16.3. The highest BCUT2D eigenvalue weighted by Gasteiger charge is 2.18. The summed E-state index contributed by atoms with van der Waals surface area (Å²) in [4.78, 5) is 4.71. The van der Waals surface area contributed by atoms with Crippen LogP contribution in [0.25, 0.3) is 10.6 Å². The number of hydrogen-bond donors (Lipinski definition) is 2. The number of sulfonamides is 1. The van der Waals surface area contributed by atoms with E-state index in [0.717, 1.165) is 42.2 Å². The lowest BCUT2D eigenvalue weighted by Gasteiger charge is -2.10. The molecule has 124 valence electrons. The lowest BCUT2D eigenvalue weighted by Crippen LogP contribution is -2.26. The Kier molecular flexibility index (Phi) is 5.11. The molecule has 1 aromatic heterocycles. The van der Waals surface area contributed by atoms with E-state index >= 15 is 0 Å². The molecule has 0 radical (unpaired) electrons. The van der Waals surface area contributed by atoms with Crippen LogP contribution in [-0.4, -0.2) is 33.0 Å². The minimum atomic E-state index is -3.47. The fourth-order valence-electron chi connectivity index (χ4n) is 2.72. The van der Waals surface area contributed by atoms with Gasteiger partial charge in [-0.2, -0.15) is 0 Å². The molecule has 0 bridgehead atoms. The third-order valence-corrected chi connectivity index (χ3v) is 6.49. The van der Waals surface area contributed by atoms with Crippen LogP contribution in [-0.2, 0) is 10.0 Å². The van der Waals surface area contributed by atoms with E-state index in [1.165, 1.54) is 11.3 Å². The quantitative estimate of drug-likeness (QED) is 0.838. The second-order valence-corrected chi connectivity index (χ2v) is 8.49. The molecule has 5 nitrogen and oxygen atoms in total. The van der Waals surface area contributed by atoms with Gasteiger partial charge < -0.3 is 5.32 Å². The van der Waals surface area contributed by atoms with E-state index in [1.807, 2.05) is 18.4 Å².